The third kappa shape index (κ3) is 3.78. The van der Waals surface area contributed by atoms with Crippen molar-refractivity contribution in [1.29, 1.82) is 5.26 Å². The predicted molar refractivity (Wildman–Crippen MR) is 146 cm³/mol. The van der Waals surface area contributed by atoms with E-state index in [4.69, 9.17) is 0 Å². The van der Waals surface area contributed by atoms with Crippen molar-refractivity contribution >= 4 is 38.4 Å². The fourth-order valence-corrected chi connectivity index (χ4v) is 6.97. The van der Waals surface area contributed by atoms with Crippen molar-refractivity contribution < 1.29 is 4.79 Å². The summed E-state index contributed by atoms with van der Waals surface area (Å²) in [5, 5.41) is 16.4. The first-order valence-corrected chi connectivity index (χ1v) is 13.7. The predicted octanol–water partition coefficient (Wildman–Crippen LogP) is 4.27. The molecule has 2 aliphatic rings. The van der Waals surface area contributed by atoms with E-state index in [1.807, 2.05) is 52.4 Å². The monoisotopic (exact) mass is 522 g/mol. The first-order chi connectivity index (χ1) is 18.6. The van der Waals surface area contributed by atoms with Crippen molar-refractivity contribution in [3.8, 4) is 17.3 Å². The number of benzene rings is 1. The molecule has 0 atom stereocenters. The Morgan fingerprint density at radius 1 is 1.18 bits per heavy atom. The second-order valence-corrected chi connectivity index (χ2v) is 11.4. The van der Waals surface area contributed by atoms with Crippen LogP contribution >= 0.6 is 11.3 Å². The Morgan fingerprint density at radius 3 is 2.84 bits per heavy atom. The van der Waals surface area contributed by atoms with Gasteiger partial charge in [-0.05, 0) is 36.4 Å². The molecule has 190 valence electrons. The van der Waals surface area contributed by atoms with E-state index < -0.39 is 0 Å². The van der Waals surface area contributed by atoms with Gasteiger partial charge in [0.25, 0.3) is 5.91 Å². The van der Waals surface area contributed by atoms with Gasteiger partial charge in [-0.25, -0.2) is 9.97 Å². The zero-order valence-corrected chi connectivity index (χ0v) is 21.6. The maximum atomic E-state index is 13.2. The minimum absolute atomic E-state index is 0.136. The van der Waals surface area contributed by atoms with Crippen LogP contribution in [0, 0.1) is 11.3 Å². The Balaban J connectivity index is 1.02. The second kappa shape index (κ2) is 9.04. The molecule has 1 N–H and O–H groups in total. The molecule has 0 radical (unpaired) electrons. The maximum Gasteiger partial charge on any atom is 0.263 e. The molecule has 0 bridgehead atoms. The SMILES string of the molecule is N#CCC1(n2cc(-c3ncnc4[nH]ccc34)cn2)CN(C2CCN(C(=O)c3cc4ccccc4s3)CC2)C1. The zero-order chi connectivity index (χ0) is 25.7. The average Bonchev–Trinajstić information content (AvgIpc) is 3.69. The number of fused-ring (bicyclic) bond motifs is 2. The van der Waals surface area contributed by atoms with Gasteiger partial charge in [0.2, 0.25) is 0 Å². The lowest BCUT2D eigenvalue weighted by Crippen LogP contribution is -2.66. The fraction of sp³-hybridized carbons (Fsp3) is 0.321. The lowest BCUT2D eigenvalue weighted by molar-refractivity contribution is -0.0412. The summed E-state index contributed by atoms with van der Waals surface area (Å²) in [6, 6.07) is 14.9. The van der Waals surface area contributed by atoms with Crippen LogP contribution in [0.2, 0.25) is 0 Å². The third-order valence-electron chi connectivity index (χ3n) is 8.00. The first-order valence-electron chi connectivity index (χ1n) is 12.9. The van der Waals surface area contributed by atoms with E-state index in [2.05, 4.69) is 43.2 Å². The number of carbonyl (C=O) groups is 1. The highest BCUT2D eigenvalue weighted by Gasteiger charge is 2.48. The molecule has 0 spiro atoms. The number of piperidine rings is 1. The zero-order valence-electron chi connectivity index (χ0n) is 20.7. The van der Waals surface area contributed by atoms with Crippen molar-refractivity contribution in [3.05, 3.63) is 66.2 Å². The molecule has 10 heteroatoms. The van der Waals surface area contributed by atoms with E-state index in [0.717, 1.165) is 76.3 Å². The lowest BCUT2D eigenvalue weighted by Gasteiger charge is -2.53. The van der Waals surface area contributed by atoms with Gasteiger partial charge in [-0.1, -0.05) is 18.2 Å². The van der Waals surface area contributed by atoms with Gasteiger partial charge in [0, 0.05) is 60.3 Å². The van der Waals surface area contributed by atoms with E-state index in [-0.39, 0.29) is 11.4 Å². The number of nitriles is 1. The van der Waals surface area contributed by atoms with Crippen molar-refractivity contribution in [2.45, 2.75) is 30.8 Å². The van der Waals surface area contributed by atoms with Gasteiger partial charge in [0.15, 0.2) is 0 Å². The number of aromatic nitrogens is 5. The topological polar surface area (TPSA) is 107 Å². The Labute approximate surface area is 223 Å². The Bertz CT molecular complexity index is 1650. The van der Waals surface area contributed by atoms with Crippen LogP contribution in [-0.4, -0.2) is 72.7 Å². The van der Waals surface area contributed by atoms with Crippen molar-refractivity contribution in [1.82, 2.24) is 34.5 Å². The summed E-state index contributed by atoms with van der Waals surface area (Å²) in [6.45, 7) is 3.07. The molecule has 0 saturated carbocycles. The minimum Gasteiger partial charge on any atom is -0.346 e. The number of rotatable bonds is 5. The molecule has 2 saturated heterocycles. The van der Waals surface area contributed by atoms with Crippen LogP contribution in [0.25, 0.3) is 32.4 Å². The smallest absolute Gasteiger partial charge is 0.263 e. The first kappa shape index (κ1) is 23.1. The quantitative estimate of drug-likeness (QED) is 0.370. The maximum absolute atomic E-state index is 13.2. The number of hydrogen-bond donors (Lipinski definition) is 1. The summed E-state index contributed by atoms with van der Waals surface area (Å²) in [5.41, 5.74) is 2.20. The van der Waals surface area contributed by atoms with Crippen LogP contribution in [0.1, 0.15) is 28.9 Å². The van der Waals surface area contributed by atoms with E-state index in [1.165, 1.54) is 0 Å². The van der Waals surface area contributed by atoms with Gasteiger partial charge in [-0.2, -0.15) is 10.4 Å². The summed E-state index contributed by atoms with van der Waals surface area (Å²) >= 11 is 1.57. The van der Waals surface area contributed by atoms with Crippen molar-refractivity contribution in [2.75, 3.05) is 26.2 Å². The van der Waals surface area contributed by atoms with Gasteiger partial charge in [-0.3, -0.25) is 14.4 Å². The van der Waals surface area contributed by atoms with Gasteiger partial charge in [0.1, 0.15) is 17.5 Å². The molecule has 7 rings (SSSR count). The summed E-state index contributed by atoms with van der Waals surface area (Å²) in [4.78, 5) is 30.3. The molecule has 2 fully saturated rings. The Hall–Kier alpha value is -4.07. The molecular formula is C28H26N8OS. The molecular weight excluding hydrogens is 496 g/mol. The van der Waals surface area contributed by atoms with Crippen LogP contribution in [0.4, 0.5) is 0 Å². The minimum atomic E-state index is -0.346. The average molecular weight is 523 g/mol. The molecule has 6 heterocycles. The lowest BCUT2D eigenvalue weighted by atomic mass is 9.84. The number of H-pyrrole nitrogens is 1. The van der Waals surface area contributed by atoms with E-state index in [9.17, 15) is 10.1 Å². The normalized spacial score (nSPS) is 18.0. The number of likely N-dealkylation sites (tertiary alicyclic amines) is 2. The Kier molecular flexibility index (Phi) is 5.49. The van der Waals surface area contributed by atoms with Crippen LogP contribution in [0.5, 0.6) is 0 Å². The Morgan fingerprint density at radius 2 is 2.03 bits per heavy atom. The number of amides is 1. The second-order valence-electron chi connectivity index (χ2n) is 10.3. The summed E-state index contributed by atoms with van der Waals surface area (Å²) in [5.74, 6) is 0.136. The third-order valence-corrected chi connectivity index (χ3v) is 9.11. The van der Waals surface area contributed by atoms with Crippen LogP contribution < -0.4 is 0 Å². The highest BCUT2D eigenvalue weighted by Crippen LogP contribution is 2.37. The number of aromatic amines is 1. The van der Waals surface area contributed by atoms with Crippen LogP contribution in [0.3, 0.4) is 0 Å². The van der Waals surface area contributed by atoms with E-state index >= 15 is 0 Å². The molecule has 1 aromatic carbocycles. The molecule has 5 aromatic rings. The molecule has 38 heavy (non-hydrogen) atoms. The summed E-state index contributed by atoms with van der Waals surface area (Å²) in [6.07, 6.45) is 9.53. The van der Waals surface area contributed by atoms with Gasteiger partial charge in [0.05, 0.1) is 29.3 Å². The van der Waals surface area contributed by atoms with E-state index in [1.54, 1.807) is 17.7 Å². The largest absolute Gasteiger partial charge is 0.346 e. The summed E-state index contributed by atoms with van der Waals surface area (Å²) < 4.78 is 3.11. The molecule has 9 nitrogen and oxygen atoms in total. The van der Waals surface area contributed by atoms with Crippen LogP contribution in [-0.2, 0) is 5.54 Å². The molecule has 0 aliphatic carbocycles. The number of hydrogen-bond acceptors (Lipinski definition) is 7. The highest BCUT2D eigenvalue weighted by atomic mass is 32.1. The van der Waals surface area contributed by atoms with Crippen molar-refractivity contribution in [3.63, 3.8) is 0 Å². The van der Waals surface area contributed by atoms with Gasteiger partial charge < -0.3 is 9.88 Å². The number of carbonyl (C=O) groups excluding carboxylic acids is 1. The van der Waals surface area contributed by atoms with Crippen LogP contribution in [0.15, 0.2) is 61.3 Å². The van der Waals surface area contributed by atoms with Gasteiger partial charge >= 0.3 is 0 Å². The molecule has 1 amide bonds. The molecule has 4 aromatic heterocycles. The highest BCUT2D eigenvalue weighted by molar-refractivity contribution is 7.20. The van der Waals surface area contributed by atoms with Crippen molar-refractivity contribution in [2.24, 2.45) is 0 Å². The number of thiophene rings is 1. The molecule has 0 unspecified atom stereocenters. The summed E-state index contributed by atoms with van der Waals surface area (Å²) in [7, 11) is 0. The molecule has 2 aliphatic heterocycles. The number of nitrogens with zero attached hydrogens (tertiary/aromatic N) is 7. The fourth-order valence-electron chi connectivity index (χ4n) is 5.94. The standard InChI is InChI=1S/C28H26N8OS/c29-9-8-28(36-15-20(14-33-36)25-22-5-10-30-26(22)32-18-31-25)16-35(17-28)21-6-11-34(12-7-21)27(37)24-13-19-3-1-2-4-23(19)38-24/h1-5,10,13-15,18,21H,6-8,11-12,16-17H2,(H,30,31,32). The van der Waals surface area contributed by atoms with Gasteiger partial charge in [-0.15, -0.1) is 11.3 Å². The number of nitrogens with one attached hydrogen (secondary N) is 1. The van der Waals surface area contributed by atoms with E-state index in [0.29, 0.717) is 12.5 Å².